The summed E-state index contributed by atoms with van der Waals surface area (Å²) in [5.74, 6) is 0. The number of hydrogen-bond donors (Lipinski definition) is 0. The van der Waals surface area contributed by atoms with E-state index in [1.54, 1.807) is 0 Å². The molecule has 0 aromatic rings. The highest BCUT2D eigenvalue weighted by atomic mass is 28.4. The van der Waals surface area contributed by atoms with Crippen molar-refractivity contribution in [2.75, 3.05) is 21.3 Å². The van der Waals surface area contributed by atoms with Crippen molar-refractivity contribution in [3.05, 3.63) is 12.2 Å². The van der Waals surface area contributed by atoms with Crippen LogP contribution >= 0.6 is 0 Å². The zero-order chi connectivity index (χ0) is 11.9. The SMILES string of the molecule is C=C(CCCC)C(=O)[Si](OC)(OC)OC. The van der Waals surface area contributed by atoms with Crippen LogP contribution in [0, 0.1) is 0 Å². The van der Waals surface area contributed by atoms with Crippen LogP contribution in [0.1, 0.15) is 26.2 Å². The number of carbonyl (C=O) groups excluding carboxylic acids is 1. The molecule has 0 saturated carbocycles. The summed E-state index contributed by atoms with van der Waals surface area (Å²) in [7, 11) is 1.09. The number of carbonyl (C=O) groups is 1. The Balaban J connectivity index is 4.56. The van der Waals surface area contributed by atoms with E-state index in [1.165, 1.54) is 21.3 Å². The van der Waals surface area contributed by atoms with Crippen LogP contribution in [0.15, 0.2) is 12.2 Å². The van der Waals surface area contributed by atoms with Gasteiger partial charge in [-0.1, -0.05) is 19.9 Å². The summed E-state index contributed by atoms with van der Waals surface area (Å²) in [6.45, 7) is 5.81. The topological polar surface area (TPSA) is 44.8 Å². The average molecular weight is 232 g/mol. The van der Waals surface area contributed by atoms with Gasteiger partial charge in [-0.25, -0.2) is 0 Å². The molecule has 0 N–H and O–H groups in total. The van der Waals surface area contributed by atoms with Crippen molar-refractivity contribution >= 4 is 14.2 Å². The van der Waals surface area contributed by atoms with Crippen LogP contribution in [0.4, 0.5) is 0 Å². The molecule has 5 heteroatoms. The smallest absolute Gasteiger partial charge is 0.372 e. The maximum Gasteiger partial charge on any atom is 0.578 e. The van der Waals surface area contributed by atoms with Crippen molar-refractivity contribution < 1.29 is 18.1 Å². The Hall–Kier alpha value is -0.493. The Labute approximate surface area is 92.6 Å². The van der Waals surface area contributed by atoms with Crippen LogP contribution in [-0.4, -0.2) is 35.5 Å². The fourth-order valence-corrected chi connectivity index (χ4v) is 2.86. The van der Waals surface area contributed by atoms with Gasteiger partial charge in [0.2, 0.25) is 5.41 Å². The largest absolute Gasteiger partial charge is 0.578 e. The fraction of sp³-hybridized carbons (Fsp3) is 0.700. The first kappa shape index (κ1) is 14.5. The van der Waals surface area contributed by atoms with Gasteiger partial charge in [-0.3, -0.25) is 4.79 Å². The molecule has 0 aromatic heterocycles. The molecular formula is C10H20O4Si. The number of unbranched alkanes of at least 4 members (excludes halogenated alkanes) is 1. The van der Waals surface area contributed by atoms with Crippen molar-refractivity contribution in [3.63, 3.8) is 0 Å². The molecule has 0 saturated heterocycles. The first-order valence-corrected chi connectivity index (χ1v) is 6.68. The zero-order valence-electron chi connectivity index (χ0n) is 9.96. The molecule has 0 aliphatic rings. The molecular weight excluding hydrogens is 212 g/mol. The Morgan fingerprint density at radius 1 is 1.20 bits per heavy atom. The van der Waals surface area contributed by atoms with Crippen LogP contribution in [0.2, 0.25) is 0 Å². The molecule has 0 aromatic carbocycles. The molecule has 0 bridgehead atoms. The maximum absolute atomic E-state index is 12.0. The van der Waals surface area contributed by atoms with Crippen LogP contribution in [-0.2, 0) is 18.1 Å². The van der Waals surface area contributed by atoms with Crippen molar-refractivity contribution in [1.82, 2.24) is 0 Å². The lowest BCUT2D eigenvalue weighted by atomic mass is 10.1. The van der Waals surface area contributed by atoms with E-state index in [-0.39, 0.29) is 5.41 Å². The first-order chi connectivity index (χ1) is 7.07. The van der Waals surface area contributed by atoms with Gasteiger partial charge in [-0.15, -0.1) is 0 Å². The van der Waals surface area contributed by atoms with Gasteiger partial charge in [0.15, 0.2) is 0 Å². The molecule has 0 spiro atoms. The number of allylic oxidation sites excluding steroid dienone is 1. The molecule has 0 amide bonds. The maximum atomic E-state index is 12.0. The van der Waals surface area contributed by atoms with Gasteiger partial charge in [0.05, 0.1) is 0 Å². The summed E-state index contributed by atoms with van der Waals surface area (Å²) in [6.07, 6.45) is 2.63. The average Bonchev–Trinajstić information content (AvgIpc) is 2.28. The summed E-state index contributed by atoms with van der Waals surface area (Å²) in [5.41, 5.74) is 0.522. The van der Waals surface area contributed by atoms with E-state index < -0.39 is 8.80 Å². The fourth-order valence-electron chi connectivity index (χ4n) is 1.25. The second-order valence-corrected chi connectivity index (χ2v) is 6.00. The highest BCUT2D eigenvalue weighted by Gasteiger charge is 2.48. The molecule has 0 rings (SSSR count). The van der Waals surface area contributed by atoms with Crippen LogP contribution < -0.4 is 0 Å². The van der Waals surface area contributed by atoms with Gasteiger partial charge in [0.1, 0.15) is 0 Å². The predicted octanol–water partition coefficient (Wildman–Crippen LogP) is 1.72. The molecule has 0 aliphatic heterocycles. The minimum Gasteiger partial charge on any atom is -0.372 e. The van der Waals surface area contributed by atoms with E-state index in [2.05, 4.69) is 13.5 Å². The van der Waals surface area contributed by atoms with Crippen molar-refractivity contribution in [1.29, 1.82) is 0 Å². The van der Waals surface area contributed by atoms with Crippen molar-refractivity contribution in [2.24, 2.45) is 0 Å². The summed E-state index contributed by atoms with van der Waals surface area (Å²) in [5, 5.41) is -0.219. The second-order valence-electron chi connectivity index (χ2n) is 3.20. The molecule has 0 atom stereocenters. The lowest BCUT2D eigenvalue weighted by molar-refractivity contribution is -0.115. The summed E-state index contributed by atoms with van der Waals surface area (Å²) >= 11 is 0. The monoisotopic (exact) mass is 232 g/mol. The highest BCUT2D eigenvalue weighted by molar-refractivity contribution is 6.94. The second kappa shape index (κ2) is 6.89. The standard InChI is InChI=1S/C10H20O4Si/c1-6-7-8-9(2)10(11)15(12-3,13-4)14-5/h2,6-8H2,1,3-5H3. The Bertz CT molecular complexity index is 215. The zero-order valence-corrected chi connectivity index (χ0v) is 11.0. The van der Waals surface area contributed by atoms with Gasteiger partial charge in [0, 0.05) is 21.3 Å². The van der Waals surface area contributed by atoms with Crippen LogP contribution in [0.3, 0.4) is 0 Å². The molecule has 0 heterocycles. The molecule has 15 heavy (non-hydrogen) atoms. The van der Waals surface area contributed by atoms with Crippen LogP contribution in [0.5, 0.6) is 0 Å². The summed E-state index contributed by atoms with van der Waals surface area (Å²) in [4.78, 5) is 12.0. The molecule has 4 nitrogen and oxygen atoms in total. The van der Waals surface area contributed by atoms with E-state index in [4.69, 9.17) is 13.3 Å². The Morgan fingerprint density at radius 2 is 1.67 bits per heavy atom. The third-order valence-corrected chi connectivity index (χ3v) is 4.76. The normalized spacial score (nSPS) is 11.5. The van der Waals surface area contributed by atoms with E-state index in [9.17, 15) is 4.79 Å². The lowest BCUT2D eigenvalue weighted by Crippen LogP contribution is -2.52. The van der Waals surface area contributed by atoms with Crippen LogP contribution in [0.25, 0.3) is 0 Å². The van der Waals surface area contributed by atoms with E-state index in [1.807, 2.05) is 0 Å². The van der Waals surface area contributed by atoms with E-state index >= 15 is 0 Å². The predicted molar refractivity (Wildman–Crippen MR) is 60.5 cm³/mol. The van der Waals surface area contributed by atoms with Crippen molar-refractivity contribution in [3.8, 4) is 0 Å². The summed E-state index contributed by atoms with van der Waals surface area (Å²) in [6, 6.07) is 0. The van der Waals surface area contributed by atoms with E-state index in [0.29, 0.717) is 12.0 Å². The molecule has 88 valence electrons. The molecule has 0 radical (unpaired) electrons. The van der Waals surface area contributed by atoms with Gasteiger partial charge < -0.3 is 13.3 Å². The van der Waals surface area contributed by atoms with Gasteiger partial charge >= 0.3 is 8.80 Å². The number of hydrogen-bond acceptors (Lipinski definition) is 4. The molecule has 0 unspecified atom stereocenters. The van der Waals surface area contributed by atoms with E-state index in [0.717, 1.165) is 12.8 Å². The molecule has 0 aliphatic carbocycles. The lowest BCUT2D eigenvalue weighted by Gasteiger charge is -2.23. The van der Waals surface area contributed by atoms with Gasteiger partial charge in [0.25, 0.3) is 0 Å². The first-order valence-electron chi connectivity index (χ1n) is 4.96. The minimum absolute atomic E-state index is 0.219. The Morgan fingerprint density at radius 3 is 2.00 bits per heavy atom. The van der Waals surface area contributed by atoms with Gasteiger partial charge in [-0.2, -0.15) is 0 Å². The third-order valence-electron chi connectivity index (χ3n) is 2.24. The third kappa shape index (κ3) is 3.53. The molecule has 0 fully saturated rings. The quantitative estimate of drug-likeness (QED) is 0.472. The highest BCUT2D eigenvalue weighted by Crippen LogP contribution is 2.16. The number of rotatable bonds is 8. The Kier molecular flexibility index (Phi) is 6.67. The minimum atomic E-state index is -3.17. The van der Waals surface area contributed by atoms with Crippen molar-refractivity contribution in [2.45, 2.75) is 26.2 Å². The summed E-state index contributed by atoms with van der Waals surface area (Å²) < 4.78 is 15.2. The van der Waals surface area contributed by atoms with Gasteiger partial charge in [-0.05, 0) is 18.4 Å².